The topological polar surface area (TPSA) is 38.0 Å². The number of hydrogen-bond acceptors (Lipinski definition) is 2. The first-order valence-electron chi connectivity index (χ1n) is 5.67. The van der Waals surface area contributed by atoms with E-state index in [0.717, 1.165) is 5.56 Å². The molecule has 2 aromatic rings. The average Bonchev–Trinajstić information content (AvgIpc) is 2.72. The van der Waals surface area contributed by atoms with Crippen molar-refractivity contribution in [1.82, 2.24) is 9.78 Å². The summed E-state index contributed by atoms with van der Waals surface area (Å²) in [4.78, 5) is 0. The molecule has 0 saturated heterocycles. The van der Waals surface area contributed by atoms with Crippen molar-refractivity contribution in [3.63, 3.8) is 0 Å². The molecule has 0 aliphatic heterocycles. The van der Waals surface area contributed by atoms with Crippen LogP contribution >= 0.6 is 15.9 Å². The Morgan fingerprint density at radius 1 is 1.50 bits per heavy atom. The Morgan fingerprint density at radius 3 is 2.89 bits per heavy atom. The molecule has 0 amide bonds. The molecule has 0 radical (unpaired) electrons. The van der Waals surface area contributed by atoms with E-state index in [0.29, 0.717) is 22.9 Å². The minimum absolute atomic E-state index is 0.335. The molecule has 3 nitrogen and oxygen atoms in total. The summed E-state index contributed by atoms with van der Waals surface area (Å²) in [5.41, 5.74) is 1.37. The van der Waals surface area contributed by atoms with E-state index in [1.165, 1.54) is 6.07 Å². The van der Waals surface area contributed by atoms with E-state index in [-0.39, 0.29) is 5.82 Å². The summed E-state index contributed by atoms with van der Waals surface area (Å²) in [5.74, 6) is -0.386. The van der Waals surface area contributed by atoms with E-state index in [4.69, 9.17) is 0 Å². The van der Waals surface area contributed by atoms with Crippen molar-refractivity contribution in [1.29, 1.82) is 0 Å². The maximum Gasteiger partial charge on any atom is 0.130 e. The second-order valence-corrected chi connectivity index (χ2v) is 5.16. The third kappa shape index (κ3) is 3.17. The molecule has 1 atom stereocenters. The van der Waals surface area contributed by atoms with Crippen molar-refractivity contribution in [3.8, 4) is 0 Å². The Labute approximate surface area is 113 Å². The van der Waals surface area contributed by atoms with Gasteiger partial charge in [-0.3, -0.25) is 4.68 Å². The molecule has 1 heterocycles. The number of aliphatic hydroxyl groups is 1. The average molecular weight is 313 g/mol. The molecule has 0 fully saturated rings. The van der Waals surface area contributed by atoms with Crippen molar-refractivity contribution in [2.45, 2.75) is 18.9 Å². The van der Waals surface area contributed by atoms with Gasteiger partial charge >= 0.3 is 0 Å². The summed E-state index contributed by atoms with van der Waals surface area (Å²) >= 11 is 3.19. The fraction of sp³-hybridized carbons (Fsp3) is 0.308. The van der Waals surface area contributed by atoms with Gasteiger partial charge in [-0.1, -0.05) is 22.0 Å². The van der Waals surface area contributed by atoms with Crippen LogP contribution in [0.15, 0.2) is 35.1 Å². The zero-order valence-electron chi connectivity index (χ0n) is 9.98. The lowest BCUT2D eigenvalue weighted by atomic mass is 10.0. The zero-order valence-corrected chi connectivity index (χ0v) is 11.6. The molecule has 0 bridgehead atoms. The van der Waals surface area contributed by atoms with Crippen LogP contribution in [0.5, 0.6) is 0 Å². The predicted octanol–water partition coefficient (Wildman–Crippen LogP) is 2.99. The number of aromatic nitrogens is 2. The van der Waals surface area contributed by atoms with Gasteiger partial charge in [0.2, 0.25) is 0 Å². The number of nitrogens with zero attached hydrogens (tertiary/aromatic N) is 2. The number of hydrogen-bond donors (Lipinski definition) is 1. The molecule has 18 heavy (non-hydrogen) atoms. The Hall–Kier alpha value is -1.20. The number of aliphatic hydroxyl groups excluding tert-OH is 1. The van der Waals surface area contributed by atoms with Gasteiger partial charge in [0.15, 0.2) is 0 Å². The molecule has 1 N–H and O–H groups in total. The van der Waals surface area contributed by atoms with Gasteiger partial charge in [0.1, 0.15) is 5.82 Å². The Balaban J connectivity index is 2.01. The van der Waals surface area contributed by atoms with Crippen LogP contribution in [-0.2, 0) is 13.5 Å². The van der Waals surface area contributed by atoms with Gasteiger partial charge in [0.05, 0.1) is 12.3 Å². The summed E-state index contributed by atoms with van der Waals surface area (Å²) in [5, 5.41) is 14.0. The van der Waals surface area contributed by atoms with Crippen LogP contribution in [-0.4, -0.2) is 14.9 Å². The number of benzene rings is 1. The van der Waals surface area contributed by atoms with Gasteiger partial charge in [-0.05, 0) is 30.5 Å². The maximum atomic E-state index is 13.6. The van der Waals surface area contributed by atoms with Crippen LogP contribution in [0.25, 0.3) is 0 Å². The summed E-state index contributed by atoms with van der Waals surface area (Å²) in [7, 11) is 1.84. The molecule has 0 saturated carbocycles. The van der Waals surface area contributed by atoms with Crippen LogP contribution in [0, 0.1) is 5.82 Å². The minimum Gasteiger partial charge on any atom is -0.388 e. The normalized spacial score (nSPS) is 12.7. The second kappa shape index (κ2) is 5.63. The number of rotatable bonds is 4. The lowest BCUT2D eigenvalue weighted by Gasteiger charge is -2.11. The third-order valence-electron chi connectivity index (χ3n) is 2.79. The number of aryl methyl sites for hydroxylation is 2. The van der Waals surface area contributed by atoms with E-state index in [1.807, 2.05) is 13.2 Å². The fourth-order valence-electron chi connectivity index (χ4n) is 1.83. The van der Waals surface area contributed by atoms with Crippen molar-refractivity contribution >= 4 is 15.9 Å². The second-order valence-electron chi connectivity index (χ2n) is 4.24. The van der Waals surface area contributed by atoms with E-state index in [2.05, 4.69) is 21.0 Å². The fourth-order valence-corrected chi connectivity index (χ4v) is 2.16. The van der Waals surface area contributed by atoms with Gasteiger partial charge in [-0.15, -0.1) is 0 Å². The van der Waals surface area contributed by atoms with Crippen LogP contribution in [0.2, 0.25) is 0 Å². The molecular weight excluding hydrogens is 299 g/mol. The summed E-state index contributed by atoms with van der Waals surface area (Å²) in [6.45, 7) is 0. The Kier molecular flexibility index (Phi) is 4.14. The van der Waals surface area contributed by atoms with E-state index in [1.54, 1.807) is 23.0 Å². The van der Waals surface area contributed by atoms with E-state index < -0.39 is 6.10 Å². The standard InChI is InChI=1S/C13H14BrFN2O/c1-17-8-9(7-16-17)2-5-13(18)11-4-3-10(14)6-12(11)15/h3-4,6-8,13,18H,2,5H2,1H3. The zero-order chi connectivity index (χ0) is 13.1. The van der Waals surface area contributed by atoms with Crippen LogP contribution in [0.1, 0.15) is 23.7 Å². The van der Waals surface area contributed by atoms with Gasteiger partial charge in [-0.2, -0.15) is 5.10 Å². The van der Waals surface area contributed by atoms with E-state index in [9.17, 15) is 9.50 Å². The molecule has 1 aromatic heterocycles. The van der Waals surface area contributed by atoms with E-state index >= 15 is 0 Å². The smallest absolute Gasteiger partial charge is 0.130 e. The first-order chi connectivity index (χ1) is 8.56. The molecule has 96 valence electrons. The van der Waals surface area contributed by atoms with Crippen molar-refractivity contribution in [2.75, 3.05) is 0 Å². The summed E-state index contributed by atoms with van der Waals surface area (Å²) < 4.78 is 16.0. The highest BCUT2D eigenvalue weighted by Crippen LogP contribution is 2.24. The highest BCUT2D eigenvalue weighted by atomic mass is 79.9. The molecule has 0 aliphatic carbocycles. The molecule has 0 spiro atoms. The summed E-state index contributed by atoms with van der Waals surface area (Å²) in [6.07, 6.45) is 4.00. The highest BCUT2D eigenvalue weighted by molar-refractivity contribution is 9.10. The molecule has 1 unspecified atom stereocenters. The van der Waals surface area contributed by atoms with Gasteiger partial charge < -0.3 is 5.11 Å². The first-order valence-corrected chi connectivity index (χ1v) is 6.46. The van der Waals surface area contributed by atoms with Crippen LogP contribution < -0.4 is 0 Å². The molecule has 5 heteroatoms. The predicted molar refractivity (Wildman–Crippen MR) is 70.6 cm³/mol. The maximum absolute atomic E-state index is 13.6. The lowest BCUT2D eigenvalue weighted by Crippen LogP contribution is -2.02. The van der Waals surface area contributed by atoms with Crippen LogP contribution in [0.3, 0.4) is 0 Å². The Morgan fingerprint density at radius 2 is 2.28 bits per heavy atom. The molecular formula is C13H14BrFN2O. The third-order valence-corrected chi connectivity index (χ3v) is 3.28. The molecule has 2 rings (SSSR count). The van der Waals surface area contributed by atoms with Crippen molar-refractivity contribution in [3.05, 3.63) is 52.0 Å². The van der Waals surface area contributed by atoms with Crippen molar-refractivity contribution < 1.29 is 9.50 Å². The summed E-state index contributed by atoms with van der Waals surface area (Å²) in [6, 6.07) is 4.70. The highest BCUT2D eigenvalue weighted by Gasteiger charge is 2.13. The van der Waals surface area contributed by atoms with Gasteiger partial charge in [0.25, 0.3) is 0 Å². The quantitative estimate of drug-likeness (QED) is 0.942. The molecule has 1 aromatic carbocycles. The minimum atomic E-state index is -0.793. The first kappa shape index (κ1) is 13.2. The largest absolute Gasteiger partial charge is 0.388 e. The van der Waals surface area contributed by atoms with Gasteiger partial charge in [0, 0.05) is 23.3 Å². The number of halogens is 2. The van der Waals surface area contributed by atoms with Crippen LogP contribution in [0.4, 0.5) is 4.39 Å². The lowest BCUT2D eigenvalue weighted by molar-refractivity contribution is 0.163. The SMILES string of the molecule is Cn1cc(CCC(O)c2ccc(Br)cc2F)cn1. The van der Waals surface area contributed by atoms with Crippen molar-refractivity contribution in [2.24, 2.45) is 7.05 Å². The Bertz CT molecular complexity index is 542. The monoisotopic (exact) mass is 312 g/mol. The van der Waals surface area contributed by atoms with Gasteiger partial charge in [-0.25, -0.2) is 4.39 Å². The molecule has 0 aliphatic rings.